The average molecular weight is 272 g/mol. The van der Waals surface area contributed by atoms with E-state index >= 15 is 0 Å². The molecule has 0 bridgehead atoms. The van der Waals surface area contributed by atoms with Crippen LogP contribution in [0.2, 0.25) is 0 Å². The van der Waals surface area contributed by atoms with Crippen LogP contribution in [-0.4, -0.2) is 11.0 Å². The van der Waals surface area contributed by atoms with E-state index in [4.69, 9.17) is 0 Å². The second-order valence-corrected chi connectivity index (χ2v) is 6.47. The van der Waals surface area contributed by atoms with Gasteiger partial charge in [-0.15, -0.1) is 11.3 Å². The molecule has 1 heterocycles. The van der Waals surface area contributed by atoms with E-state index in [-0.39, 0.29) is 0 Å². The van der Waals surface area contributed by atoms with Crippen molar-refractivity contribution in [2.75, 3.05) is 0 Å². The van der Waals surface area contributed by atoms with Gasteiger partial charge in [0, 0.05) is 18.8 Å². The first kappa shape index (κ1) is 12.8. The number of aromatic nitrogens is 1. The van der Waals surface area contributed by atoms with Crippen molar-refractivity contribution in [1.29, 1.82) is 0 Å². The summed E-state index contributed by atoms with van der Waals surface area (Å²) in [4.78, 5) is 5.81. The number of benzene rings is 1. The van der Waals surface area contributed by atoms with Gasteiger partial charge >= 0.3 is 0 Å². The van der Waals surface area contributed by atoms with Crippen molar-refractivity contribution >= 4 is 11.3 Å². The molecule has 1 aliphatic carbocycles. The highest BCUT2D eigenvalue weighted by Crippen LogP contribution is 2.27. The number of hydrogen-bond donors (Lipinski definition) is 1. The number of nitrogens with one attached hydrogen (secondary N) is 1. The molecule has 0 radical (unpaired) electrons. The van der Waals surface area contributed by atoms with E-state index in [2.05, 4.69) is 41.5 Å². The molecule has 1 saturated carbocycles. The summed E-state index contributed by atoms with van der Waals surface area (Å²) in [5, 5.41) is 4.82. The maximum atomic E-state index is 4.54. The predicted molar refractivity (Wildman–Crippen MR) is 81.4 cm³/mol. The maximum Gasteiger partial charge on any atom is 0.107 e. The Bertz CT molecular complexity index is 541. The van der Waals surface area contributed by atoms with Crippen LogP contribution in [0.25, 0.3) is 10.4 Å². The molecule has 0 atom stereocenters. The van der Waals surface area contributed by atoms with Crippen LogP contribution in [0.3, 0.4) is 0 Å². The normalized spacial score (nSPS) is 16.1. The number of nitrogens with zero attached hydrogens (tertiary/aromatic N) is 1. The Morgan fingerprint density at radius 1 is 1.32 bits per heavy atom. The van der Waals surface area contributed by atoms with E-state index < -0.39 is 0 Å². The summed E-state index contributed by atoms with van der Waals surface area (Å²) in [6.07, 6.45) is 7.42. The first-order valence-corrected chi connectivity index (χ1v) is 7.88. The summed E-state index contributed by atoms with van der Waals surface area (Å²) in [6, 6.07) is 9.34. The van der Waals surface area contributed by atoms with Crippen LogP contribution in [0.5, 0.6) is 0 Å². The summed E-state index contributed by atoms with van der Waals surface area (Å²) >= 11 is 1.80. The Kier molecular flexibility index (Phi) is 3.95. The molecule has 0 aliphatic heterocycles. The first-order valence-electron chi connectivity index (χ1n) is 7.06. The van der Waals surface area contributed by atoms with Gasteiger partial charge in [0.1, 0.15) is 5.01 Å². The summed E-state index contributed by atoms with van der Waals surface area (Å²) < 4.78 is 0. The number of rotatable bonds is 4. The fraction of sp³-hybridized carbons (Fsp3) is 0.438. The molecule has 1 N–H and O–H groups in total. The van der Waals surface area contributed by atoms with Crippen molar-refractivity contribution in [3.05, 3.63) is 41.0 Å². The molecule has 1 aromatic heterocycles. The van der Waals surface area contributed by atoms with Crippen molar-refractivity contribution in [2.45, 2.75) is 45.2 Å². The van der Waals surface area contributed by atoms with E-state index in [1.54, 1.807) is 11.3 Å². The number of aryl methyl sites for hydroxylation is 1. The summed E-state index contributed by atoms with van der Waals surface area (Å²) in [5.41, 5.74) is 2.58. The molecule has 2 nitrogen and oxygen atoms in total. The molecule has 3 rings (SSSR count). The van der Waals surface area contributed by atoms with Crippen LogP contribution in [0.4, 0.5) is 0 Å². The largest absolute Gasteiger partial charge is 0.308 e. The van der Waals surface area contributed by atoms with Gasteiger partial charge < -0.3 is 5.32 Å². The Balaban J connectivity index is 1.65. The molecular formula is C16H20N2S. The standard InChI is InChI=1S/C16H20N2S/c1-12-5-4-6-13(9-12)15-10-18-16(19-15)11-17-14-7-2-3-8-14/h4-6,9-10,14,17H,2-3,7-8,11H2,1H3. The van der Waals surface area contributed by atoms with E-state index in [1.807, 2.05) is 6.20 Å². The molecule has 2 aromatic rings. The molecule has 0 amide bonds. The van der Waals surface area contributed by atoms with Gasteiger partial charge in [0.15, 0.2) is 0 Å². The first-order chi connectivity index (χ1) is 9.31. The highest BCUT2D eigenvalue weighted by Gasteiger charge is 2.14. The zero-order valence-corrected chi connectivity index (χ0v) is 12.2. The third kappa shape index (κ3) is 3.23. The smallest absolute Gasteiger partial charge is 0.107 e. The molecule has 0 spiro atoms. The summed E-state index contributed by atoms with van der Waals surface area (Å²) in [5.74, 6) is 0. The zero-order chi connectivity index (χ0) is 13.1. The SMILES string of the molecule is Cc1cccc(-c2cnc(CNC3CCCC3)s2)c1. The van der Waals surface area contributed by atoms with Crippen molar-refractivity contribution in [1.82, 2.24) is 10.3 Å². The van der Waals surface area contributed by atoms with E-state index in [0.717, 1.165) is 6.54 Å². The van der Waals surface area contributed by atoms with E-state index in [1.165, 1.54) is 46.7 Å². The van der Waals surface area contributed by atoms with Gasteiger partial charge in [0.05, 0.1) is 4.88 Å². The van der Waals surface area contributed by atoms with Crippen LogP contribution < -0.4 is 5.32 Å². The Labute approximate surface area is 118 Å². The van der Waals surface area contributed by atoms with E-state index in [0.29, 0.717) is 6.04 Å². The van der Waals surface area contributed by atoms with Gasteiger partial charge in [0.25, 0.3) is 0 Å². The number of thiazole rings is 1. The van der Waals surface area contributed by atoms with Gasteiger partial charge in [0.2, 0.25) is 0 Å². The van der Waals surface area contributed by atoms with Crippen molar-refractivity contribution in [3.8, 4) is 10.4 Å². The quantitative estimate of drug-likeness (QED) is 0.904. The minimum absolute atomic E-state index is 0.714. The minimum atomic E-state index is 0.714. The highest BCUT2D eigenvalue weighted by molar-refractivity contribution is 7.15. The Hall–Kier alpha value is -1.19. The molecule has 0 unspecified atom stereocenters. The molecule has 1 aromatic carbocycles. The molecule has 100 valence electrons. The second-order valence-electron chi connectivity index (χ2n) is 5.35. The van der Waals surface area contributed by atoms with Crippen molar-refractivity contribution in [3.63, 3.8) is 0 Å². The van der Waals surface area contributed by atoms with Crippen LogP contribution in [-0.2, 0) is 6.54 Å². The minimum Gasteiger partial charge on any atom is -0.308 e. The van der Waals surface area contributed by atoms with Crippen LogP contribution in [0.1, 0.15) is 36.3 Å². The Morgan fingerprint density at radius 2 is 2.16 bits per heavy atom. The topological polar surface area (TPSA) is 24.9 Å². The lowest BCUT2D eigenvalue weighted by molar-refractivity contribution is 0.523. The summed E-state index contributed by atoms with van der Waals surface area (Å²) in [6.45, 7) is 3.05. The lowest BCUT2D eigenvalue weighted by atomic mass is 10.1. The molecule has 19 heavy (non-hydrogen) atoms. The van der Waals surface area contributed by atoms with Gasteiger partial charge in [-0.05, 0) is 25.3 Å². The summed E-state index contributed by atoms with van der Waals surface area (Å²) in [7, 11) is 0. The van der Waals surface area contributed by atoms with Crippen LogP contribution in [0.15, 0.2) is 30.5 Å². The second kappa shape index (κ2) is 5.85. The van der Waals surface area contributed by atoms with Gasteiger partial charge in [-0.3, -0.25) is 0 Å². The predicted octanol–water partition coefficient (Wildman–Crippen LogP) is 4.15. The van der Waals surface area contributed by atoms with Crippen molar-refractivity contribution in [2.24, 2.45) is 0 Å². The number of hydrogen-bond acceptors (Lipinski definition) is 3. The van der Waals surface area contributed by atoms with Crippen LogP contribution in [0, 0.1) is 6.92 Å². The van der Waals surface area contributed by atoms with Gasteiger partial charge in [-0.1, -0.05) is 42.7 Å². The average Bonchev–Trinajstić information content (AvgIpc) is 3.08. The lowest BCUT2D eigenvalue weighted by Gasteiger charge is -2.09. The monoisotopic (exact) mass is 272 g/mol. The van der Waals surface area contributed by atoms with Gasteiger partial charge in [-0.25, -0.2) is 4.98 Å². The molecule has 3 heteroatoms. The fourth-order valence-corrected chi connectivity index (χ4v) is 3.55. The molecular weight excluding hydrogens is 252 g/mol. The molecule has 1 fully saturated rings. The van der Waals surface area contributed by atoms with Crippen LogP contribution >= 0.6 is 11.3 Å². The molecule has 0 saturated heterocycles. The van der Waals surface area contributed by atoms with Gasteiger partial charge in [-0.2, -0.15) is 0 Å². The third-order valence-corrected chi connectivity index (χ3v) is 4.80. The fourth-order valence-electron chi connectivity index (χ4n) is 2.69. The van der Waals surface area contributed by atoms with Crippen molar-refractivity contribution < 1.29 is 0 Å². The maximum absolute atomic E-state index is 4.54. The Morgan fingerprint density at radius 3 is 2.95 bits per heavy atom. The third-order valence-electron chi connectivity index (χ3n) is 3.75. The zero-order valence-electron chi connectivity index (χ0n) is 11.4. The highest BCUT2D eigenvalue weighted by atomic mass is 32.1. The molecule has 1 aliphatic rings. The lowest BCUT2D eigenvalue weighted by Crippen LogP contribution is -2.25. The van der Waals surface area contributed by atoms with E-state index in [9.17, 15) is 0 Å².